The summed E-state index contributed by atoms with van der Waals surface area (Å²) in [5, 5.41) is 7.88. The van der Waals surface area contributed by atoms with E-state index in [1.54, 1.807) is 12.3 Å². The largest absolute Gasteiger partial charge is 0.346 e. The van der Waals surface area contributed by atoms with E-state index in [9.17, 15) is 4.39 Å². The lowest BCUT2D eigenvalue weighted by Crippen LogP contribution is -2.31. The Morgan fingerprint density at radius 2 is 2.27 bits per heavy atom. The zero-order valence-corrected chi connectivity index (χ0v) is 15.3. The van der Waals surface area contributed by atoms with Crippen LogP contribution in [0.2, 0.25) is 5.02 Å². The van der Waals surface area contributed by atoms with Gasteiger partial charge in [-0.1, -0.05) is 11.6 Å². The average Bonchev–Trinajstić information content (AvgIpc) is 2.83. The Bertz CT molecular complexity index is 691. The maximum absolute atomic E-state index is 13.2. The molecular weight excluding hydrogens is 391 g/mol. The molecule has 0 saturated heterocycles. The Labute approximate surface area is 147 Å². The number of hydrogen-bond acceptors (Lipinski definition) is 2. The summed E-state index contributed by atoms with van der Waals surface area (Å²) in [6.07, 6.45) is 1.77. The lowest BCUT2D eigenvalue weighted by atomic mass is 10.3. The smallest absolute Gasteiger partial charge is 0.173 e. The molecule has 8 heteroatoms. The quantitative estimate of drug-likeness (QED) is 0.769. The van der Waals surface area contributed by atoms with Crippen LogP contribution in [-0.4, -0.2) is 26.8 Å². The van der Waals surface area contributed by atoms with E-state index in [4.69, 9.17) is 23.8 Å². The second-order valence-corrected chi connectivity index (χ2v) is 6.32. The molecule has 0 atom stereocenters. The molecule has 1 heterocycles. The number of benzene rings is 1. The van der Waals surface area contributed by atoms with E-state index in [-0.39, 0.29) is 5.02 Å². The van der Waals surface area contributed by atoms with Crippen LogP contribution in [0.1, 0.15) is 12.6 Å². The highest BCUT2D eigenvalue weighted by Crippen LogP contribution is 2.21. The van der Waals surface area contributed by atoms with Gasteiger partial charge >= 0.3 is 0 Å². The van der Waals surface area contributed by atoms with E-state index < -0.39 is 5.82 Å². The Balaban J connectivity index is 2.05. The first kappa shape index (κ1) is 17.2. The van der Waals surface area contributed by atoms with Gasteiger partial charge < -0.3 is 10.2 Å². The van der Waals surface area contributed by atoms with Gasteiger partial charge in [0.2, 0.25) is 0 Å². The van der Waals surface area contributed by atoms with E-state index in [2.05, 4.69) is 26.3 Å². The van der Waals surface area contributed by atoms with E-state index in [0.29, 0.717) is 17.3 Å². The second kappa shape index (κ2) is 7.39. The number of aryl methyl sites for hydroxylation is 1. The SMILES string of the molecule is CCn1ncc(Br)c1CN(C)C(=S)Nc1ccc(F)c(Cl)c1. The van der Waals surface area contributed by atoms with E-state index in [0.717, 1.165) is 16.7 Å². The molecule has 0 aliphatic rings. The van der Waals surface area contributed by atoms with Gasteiger partial charge in [0.25, 0.3) is 0 Å². The van der Waals surface area contributed by atoms with Crippen molar-refractivity contribution in [2.75, 3.05) is 12.4 Å². The first-order chi connectivity index (χ1) is 10.4. The number of rotatable bonds is 4. The summed E-state index contributed by atoms with van der Waals surface area (Å²) >= 11 is 14.6. The van der Waals surface area contributed by atoms with Crippen LogP contribution < -0.4 is 5.32 Å². The molecule has 0 amide bonds. The number of hydrogen-bond donors (Lipinski definition) is 1. The minimum atomic E-state index is -0.456. The van der Waals surface area contributed by atoms with Crippen molar-refractivity contribution in [3.05, 3.63) is 45.4 Å². The number of thiocarbonyl (C=S) groups is 1. The zero-order chi connectivity index (χ0) is 16.3. The van der Waals surface area contributed by atoms with Crippen LogP contribution >= 0.6 is 39.7 Å². The van der Waals surface area contributed by atoms with E-state index in [1.165, 1.54) is 12.1 Å². The molecule has 2 aromatic rings. The molecule has 0 unspecified atom stereocenters. The summed E-state index contributed by atoms with van der Waals surface area (Å²) in [5.74, 6) is -0.456. The molecule has 1 N–H and O–H groups in total. The fourth-order valence-corrected chi connectivity index (χ4v) is 2.69. The van der Waals surface area contributed by atoms with Crippen molar-refractivity contribution in [2.24, 2.45) is 0 Å². The second-order valence-electron chi connectivity index (χ2n) is 4.67. The Kier molecular flexibility index (Phi) is 5.77. The normalized spacial score (nSPS) is 10.6. The van der Waals surface area contributed by atoms with Crippen molar-refractivity contribution in [1.82, 2.24) is 14.7 Å². The van der Waals surface area contributed by atoms with Crippen molar-refractivity contribution < 1.29 is 4.39 Å². The highest BCUT2D eigenvalue weighted by atomic mass is 79.9. The van der Waals surface area contributed by atoms with Gasteiger partial charge in [-0.2, -0.15) is 5.10 Å². The van der Waals surface area contributed by atoms with Crippen LogP contribution in [0.5, 0.6) is 0 Å². The number of anilines is 1. The maximum Gasteiger partial charge on any atom is 0.173 e. The van der Waals surface area contributed by atoms with Gasteiger partial charge in [0.05, 0.1) is 27.9 Å². The van der Waals surface area contributed by atoms with Crippen molar-refractivity contribution in [3.63, 3.8) is 0 Å². The van der Waals surface area contributed by atoms with Gasteiger partial charge in [0.15, 0.2) is 5.11 Å². The fourth-order valence-electron chi connectivity index (χ4n) is 1.91. The molecule has 0 aliphatic heterocycles. The molecule has 0 bridgehead atoms. The molecule has 0 fully saturated rings. The van der Waals surface area contributed by atoms with Crippen molar-refractivity contribution in [1.29, 1.82) is 0 Å². The van der Waals surface area contributed by atoms with Crippen LogP contribution in [0.4, 0.5) is 10.1 Å². The molecule has 1 aromatic carbocycles. The molecule has 1 aromatic heterocycles. The topological polar surface area (TPSA) is 33.1 Å². The van der Waals surface area contributed by atoms with Crippen molar-refractivity contribution in [2.45, 2.75) is 20.0 Å². The van der Waals surface area contributed by atoms with Crippen LogP contribution in [0, 0.1) is 5.82 Å². The third-order valence-corrected chi connectivity index (χ3v) is 4.47. The van der Waals surface area contributed by atoms with Gasteiger partial charge in [-0.25, -0.2) is 4.39 Å². The predicted octanol–water partition coefficient (Wildman–Crippen LogP) is 4.29. The Morgan fingerprint density at radius 3 is 2.91 bits per heavy atom. The summed E-state index contributed by atoms with van der Waals surface area (Å²) in [6, 6.07) is 4.40. The van der Waals surface area contributed by atoms with Crippen molar-refractivity contribution in [3.8, 4) is 0 Å². The van der Waals surface area contributed by atoms with Gasteiger partial charge in [-0.3, -0.25) is 4.68 Å². The van der Waals surface area contributed by atoms with Gasteiger partial charge in [-0.15, -0.1) is 0 Å². The summed E-state index contributed by atoms with van der Waals surface area (Å²) in [5.41, 5.74) is 1.68. The molecule has 118 valence electrons. The summed E-state index contributed by atoms with van der Waals surface area (Å²) < 4.78 is 16.0. The first-order valence-electron chi connectivity index (χ1n) is 6.59. The van der Waals surface area contributed by atoms with Gasteiger partial charge in [0, 0.05) is 19.3 Å². The van der Waals surface area contributed by atoms with Gasteiger partial charge in [0.1, 0.15) is 5.82 Å². The van der Waals surface area contributed by atoms with Crippen molar-refractivity contribution >= 4 is 50.5 Å². The number of nitrogens with zero attached hydrogens (tertiary/aromatic N) is 3. The minimum Gasteiger partial charge on any atom is -0.346 e. The molecular formula is C14H15BrClFN4S. The average molecular weight is 406 g/mol. The molecule has 0 spiro atoms. The van der Waals surface area contributed by atoms with E-state index in [1.807, 2.05) is 23.6 Å². The number of nitrogens with one attached hydrogen (secondary N) is 1. The first-order valence-corrected chi connectivity index (χ1v) is 8.17. The van der Waals surface area contributed by atoms with Crippen LogP contribution in [0.25, 0.3) is 0 Å². The summed E-state index contributed by atoms with van der Waals surface area (Å²) in [4.78, 5) is 1.88. The number of aromatic nitrogens is 2. The maximum atomic E-state index is 13.2. The van der Waals surface area contributed by atoms with Gasteiger partial charge in [-0.05, 0) is 53.3 Å². The highest BCUT2D eigenvalue weighted by molar-refractivity contribution is 9.10. The number of halogens is 3. The predicted molar refractivity (Wildman–Crippen MR) is 94.7 cm³/mol. The lowest BCUT2D eigenvalue weighted by Gasteiger charge is -2.22. The standard InChI is InChI=1S/C14H15BrClFN4S/c1-3-21-13(10(15)7-18-21)8-20(2)14(22)19-9-4-5-12(17)11(16)6-9/h4-7H,3,8H2,1-2H3,(H,19,22). The Morgan fingerprint density at radius 1 is 1.55 bits per heavy atom. The third-order valence-electron chi connectivity index (χ3n) is 3.10. The zero-order valence-electron chi connectivity index (χ0n) is 12.1. The minimum absolute atomic E-state index is 0.0576. The lowest BCUT2D eigenvalue weighted by molar-refractivity contribution is 0.470. The monoisotopic (exact) mass is 404 g/mol. The molecule has 4 nitrogen and oxygen atoms in total. The fraction of sp³-hybridized carbons (Fsp3) is 0.286. The third kappa shape index (κ3) is 3.97. The summed E-state index contributed by atoms with van der Waals surface area (Å²) in [6.45, 7) is 3.40. The Hall–Kier alpha value is -1.18. The molecule has 2 rings (SSSR count). The van der Waals surface area contributed by atoms with Crippen LogP contribution in [0.15, 0.2) is 28.9 Å². The van der Waals surface area contributed by atoms with E-state index >= 15 is 0 Å². The van der Waals surface area contributed by atoms with Crippen LogP contribution in [0.3, 0.4) is 0 Å². The highest BCUT2D eigenvalue weighted by Gasteiger charge is 2.13. The molecule has 0 radical (unpaired) electrons. The summed E-state index contributed by atoms with van der Waals surface area (Å²) in [7, 11) is 1.87. The molecule has 0 saturated carbocycles. The molecule has 0 aliphatic carbocycles. The molecule has 22 heavy (non-hydrogen) atoms. The van der Waals surface area contributed by atoms with Crippen LogP contribution in [-0.2, 0) is 13.1 Å².